The number of anilines is 1. The third-order valence-corrected chi connectivity index (χ3v) is 3.61. The van der Waals surface area contributed by atoms with E-state index in [4.69, 9.17) is 0 Å². The molecule has 0 saturated heterocycles. The van der Waals surface area contributed by atoms with Crippen molar-refractivity contribution in [1.29, 1.82) is 0 Å². The Labute approximate surface area is 127 Å². The van der Waals surface area contributed by atoms with E-state index in [0.717, 1.165) is 18.4 Å². The van der Waals surface area contributed by atoms with E-state index >= 15 is 0 Å². The molecule has 4 nitrogen and oxygen atoms in total. The number of carbonyl (C=O) groups is 2. The summed E-state index contributed by atoms with van der Waals surface area (Å²) in [4.78, 5) is 22.8. The second-order valence-corrected chi connectivity index (χ2v) is 6.44. The third kappa shape index (κ3) is 5.21. The fourth-order valence-corrected chi connectivity index (χ4v) is 2.09. The Morgan fingerprint density at radius 2 is 1.81 bits per heavy atom. The number of hydrogen-bond donors (Lipinski definition) is 2. The third-order valence-electron chi connectivity index (χ3n) is 3.61. The average molecular weight is 290 g/mol. The minimum Gasteiger partial charge on any atom is -0.334 e. The summed E-state index contributed by atoms with van der Waals surface area (Å²) in [7, 11) is 0. The van der Waals surface area contributed by atoms with Crippen LogP contribution in [0.15, 0.2) is 24.3 Å². The van der Waals surface area contributed by atoms with Crippen molar-refractivity contribution in [2.45, 2.75) is 52.5 Å². The van der Waals surface area contributed by atoms with Crippen molar-refractivity contribution < 1.29 is 9.59 Å². The maximum absolute atomic E-state index is 11.9. The number of hydrogen-bond acceptors (Lipinski definition) is 2. The summed E-state index contributed by atoms with van der Waals surface area (Å²) in [5, 5.41) is 5.63. The number of urea groups is 1. The van der Waals surface area contributed by atoms with Gasteiger partial charge in [0.1, 0.15) is 6.29 Å². The van der Waals surface area contributed by atoms with E-state index in [9.17, 15) is 9.59 Å². The first kappa shape index (κ1) is 17.2. The highest BCUT2D eigenvalue weighted by atomic mass is 16.2. The van der Waals surface area contributed by atoms with Crippen LogP contribution in [-0.2, 0) is 10.2 Å². The van der Waals surface area contributed by atoms with E-state index in [1.165, 1.54) is 5.56 Å². The fourth-order valence-electron chi connectivity index (χ4n) is 2.09. The van der Waals surface area contributed by atoms with E-state index in [1.54, 1.807) is 6.92 Å². The molecular weight excluding hydrogens is 264 g/mol. The molecule has 0 radical (unpaired) electrons. The Morgan fingerprint density at radius 3 is 2.24 bits per heavy atom. The Kier molecular flexibility index (Phi) is 5.94. The lowest BCUT2D eigenvalue weighted by Crippen LogP contribution is -2.41. The molecule has 1 aromatic carbocycles. The van der Waals surface area contributed by atoms with Gasteiger partial charge in [0.15, 0.2) is 0 Å². The first-order valence-corrected chi connectivity index (χ1v) is 7.41. The van der Waals surface area contributed by atoms with Crippen LogP contribution in [0.25, 0.3) is 0 Å². The summed E-state index contributed by atoms with van der Waals surface area (Å²) in [6.07, 6.45) is 1.59. The number of amides is 2. The molecule has 2 amide bonds. The van der Waals surface area contributed by atoms with Crippen molar-refractivity contribution >= 4 is 18.0 Å². The molecule has 0 aliphatic heterocycles. The van der Waals surface area contributed by atoms with Crippen LogP contribution in [0, 0.1) is 5.92 Å². The molecule has 0 aliphatic carbocycles. The van der Waals surface area contributed by atoms with Crippen molar-refractivity contribution in [3.8, 4) is 0 Å². The van der Waals surface area contributed by atoms with Gasteiger partial charge < -0.3 is 15.4 Å². The monoisotopic (exact) mass is 290 g/mol. The molecule has 21 heavy (non-hydrogen) atoms. The molecule has 1 rings (SSSR count). The molecule has 116 valence electrons. The number of carbonyl (C=O) groups excluding carboxylic acids is 2. The largest absolute Gasteiger partial charge is 0.334 e. The minimum absolute atomic E-state index is 0.0908. The molecule has 0 aromatic heterocycles. The standard InChI is InChI=1S/C17H26N2O2/c1-6-15(12(2)11-20)19-16(21)18-14-9-7-13(8-10-14)17(3,4)5/h7-12,15H,6H2,1-5H3,(H2,18,19,21). The van der Waals surface area contributed by atoms with Crippen LogP contribution in [0.1, 0.15) is 46.6 Å². The van der Waals surface area contributed by atoms with Crippen molar-refractivity contribution in [1.82, 2.24) is 5.32 Å². The van der Waals surface area contributed by atoms with E-state index in [2.05, 4.69) is 31.4 Å². The second-order valence-electron chi connectivity index (χ2n) is 6.44. The highest BCUT2D eigenvalue weighted by molar-refractivity contribution is 5.89. The van der Waals surface area contributed by atoms with Gasteiger partial charge in [-0.1, -0.05) is 46.8 Å². The SMILES string of the molecule is CCC(NC(=O)Nc1ccc(C(C)(C)C)cc1)C(C)C=O. The van der Waals surface area contributed by atoms with Crippen LogP contribution in [0.5, 0.6) is 0 Å². The van der Waals surface area contributed by atoms with E-state index in [0.29, 0.717) is 0 Å². The molecule has 4 heteroatoms. The molecule has 1 aromatic rings. The smallest absolute Gasteiger partial charge is 0.319 e. The lowest BCUT2D eigenvalue weighted by Gasteiger charge is -2.21. The molecule has 0 bridgehead atoms. The van der Waals surface area contributed by atoms with Crippen LogP contribution in [-0.4, -0.2) is 18.4 Å². The highest BCUT2D eigenvalue weighted by Crippen LogP contribution is 2.23. The van der Waals surface area contributed by atoms with Gasteiger partial charge in [-0.2, -0.15) is 0 Å². The van der Waals surface area contributed by atoms with Crippen molar-refractivity contribution in [2.24, 2.45) is 5.92 Å². The van der Waals surface area contributed by atoms with Crippen LogP contribution >= 0.6 is 0 Å². The van der Waals surface area contributed by atoms with Gasteiger partial charge in [-0.25, -0.2) is 4.79 Å². The predicted octanol–water partition coefficient (Wildman–Crippen LogP) is 3.72. The Morgan fingerprint density at radius 1 is 1.24 bits per heavy atom. The molecule has 0 fully saturated rings. The maximum atomic E-state index is 11.9. The van der Waals surface area contributed by atoms with Gasteiger partial charge in [0.05, 0.1) is 0 Å². The van der Waals surface area contributed by atoms with Crippen molar-refractivity contribution in [2.75, 3.05) is 5.32 Å². The maximum Gasteiger partial charge on any atom is 0.319 e. The number of rotatable bonds is 5. The zero-order chi connectivity index (χ0) is 16.0. The second kappa shape index (κ2) is 7.25. The number of aldehydes is 1. The fraction of sp³-hybridized carbons (Fsp3) is 0.529. The minimum atomic E-state index is -0.279. The van der Waals surface area contributed by atoms with Crippen LogP contribution in [0.2, 0.25) is 0 Å². The lowest BCUT2D eigenvalue weighted by atomic mass is 9.87. The molecule has 2 N–H and O–H groups in total. The zero-order valence-corrected chi connectivity index (χ0v) is 13.6. The van der Waals surface area contributed by atoms with Gasteiger partial charge in [-0.3, -0.25) is 0 Å². The van der Waals surface area contributed by atoms with E-state index in [1.807, 2.05) is 31.2 Å². The van der Waals surface area contributed by atoms with Gasteiger partial charge in [-0.15, -0.1) is 0 Å². The number of nitrogens with one attached hydrogen (secondary N) is 2. The summed E-state index contributed by atoms with van der Waals surface area (Å²) in [5.41, 5.74) is 2.05. The Hall–Kier alpha value is -1.84. The lowest BCUT2D eigenvalue weighted by molar-refractivity contribution is -0.111. The molecule has 0 heterocycles. The summed E-state index contributed by atoms with van der Waals surface area (Å²) < 4.78 is 0. The zero-order valence-electron chi connectivity index (χ0n) is 13.6. The van der Waals surface area contributed by atoms with Crippen LogP contribution in [0.4, 0.5) is 10.5 Å². The highest BCUT2D eigenvalue weighted by Gasteiger charge is 2.17. The van der Waals surface area contributed by atoms with Crippen LogP contribution in [0.3, 0.4) is 0 Å². The number of benzene rings is 1. The molecule has 2 atom stereocenters. The van der Waals surface area contributed by atoms with Crippen LogP contribution < -0.4 is 10.6 Å². The van der Waals surface area contributed by atoms with Crippen molar-refractivity contribution in [3.63, 3.8) is 0 Å². The topological polar surface area (TPSA) is 58.2 Å². The van der Waals surface area contributed by atoms with Gasteiger partial charge >= 0.3 is 6.03 Å². The molecular formula is C17H26N2O2. The van der Waals surface area contributed by atoms with Gasteiger partial charge in [0.25, 0.3) is 0 Å². The van der Waals surface area contributed by atoms with Gasteiger partial charge in [0, 0.05) is 17.6 Å². The Balaban J connectivity index is 2.64. The van der Waals surface area contributed by atoms with Crippen molar-refractivity contribution in [3.05, 3.63) is 29.8 Å². The average Bonchev–Trinajstić information content (AvgIpc) is 2.43. The van der Waals surface area contributed by atoms with Gasteiger partial charge in [0.2, 0.25) is 0 Å². The quantitative estimate of drug-likeness (QED) is 0.812. The molecule has 0 saturated carbocycles. The summed E-state index contributed by atoms with van der Waals surface area (Å²) in [6.45, 7) is 10.2. The summed E-state index contributed by atoms with van der Waals surface area (Å²) in [6, 6.07) is 7.40. The molecule has 0 aliphatic rings. The summed E-state index contributed by atoms with van der Waals surface area (Å²) in [5.74, 6) is -0.191. The molecule has 2 unspecified atom stereocenters. The normalized spacial score (nSPS) is 14.1. The summed E-state index contributed by atoms with van der Waals surface area (Å²) >= 11 is 0. The van der Waals surface area contributed by atoms with Gasteiger partial charge in [-0.05, 0) is 29.5 Å². The first-order chi connectivity index (χ1) is 9.77. The first-order valence-electron chi connectivity index (χ1n) is 7.41. The Bertz CT molecular complexity index is 475. The van der Waals surface area contributed by atoms with E-state index < -0.39 is 0 Å². The van der Waals surface area contributed by atoms with E-state index in [-0.39, 0.29) is 23.4 Å². The predicted molar refractivity (Wildman–Crippen MR) is 86.6 cm³/mol. The molecule has 0 spiro atoms.